The van der Waals surface area contributed by atoms with Crippen LogP contribution in [0.2, 0.25) is 0 Å². The molecular weight excluding hydrogens is 376 g/mol. The number of carbonyl (C=O) groups is 1. The minimum atomic E-state index is -0.0972. The molecule has 0 atom stereocenters. The lowest BCUT2D eigenvalue weighted by atomic mass is 10.1. The van der Waals surface area contributed by atoms with Gasteiger partial charge in [0, 0.05) is 17.8 Å². The first-order chi connectivity index (χ1) is 13.5. The van der Waals surface area contributed by atoms with Crippen molar-refractivity contribution in [3.05, 3.63) is 70.1 Å². The number of hydrogen-bond acceptors (Lipinski definition) is 6. The Kier molecular flexibility index (Phi) is 6.84. The largest absolute Gasteiger partial charge is 0.486 e. The number of aliphatic hydroxyl groups is 1. The summed E-state index contributed by atoms with van der Waals surface area (Å²) in [4.78, 5) is 18.7. The van der Waals surface area contributed by atoms with Crippen LogP contribution >= 0.6 is 11.3 Å². The monoisotopic (exact) mass is 400 g/mol. The minimum Gasteiger partial charge on any atom is -0.486 e. The fourth-order valence-electron chi connectivity index (χ4n) is 2.75. The topological polar surface area (TPSA) is 75.8 Å². The zero-order chi connectivity index (χ0) is 19.9. The van der Waals surface area contributed by atoms with Crippen molar-refractivity contribution in [2.24, 2.45) is 5.92 Å². The van der Waals surface area contributed by atoms with Gasteiger partial charge < -0.3 is 19.2 Å². The average Bonchev–Trinajstić information content (AvgIpc) is 3.37. The van der Waals surface area contributed by atoms with E-state index in [-0.39, 0.29) is 18.4 Å². The molecule has 0 spiro atoms. The zero-order valence-electron chi connectivity index (χ0n) is 16.0. The molecule has 0 aliphatic rings. The molecule has 0 fully saturated rings. The zero-order valence-corrected chi connectivity index (χ0v) is 16.8. The van der Waals surface area contributed by atoms with Gasteiger partial charge >= 0.3 is 0 Å². The number of carbonyl (C=O) groups excluding carboxylic acids is 1. The molecule has 1 amide bonds. The maximum Gasteiger partial charge on any atom is 0.225 e. The molecule has 0 aliphatic heterocycles. The molecular formula is C21H24N2O4S. The Bertz CT molecular complexity index is 889. The first-order valence-electron chi connectivity index (χ1n) is 9.12. The Hall–Kier alpha value is -2.64. The van der Waals surface area contributed by atoms with Crippen LogP contribution in [0.1, 0.15) is 35.9 Å². The van der Waals surface area contributed by atoms with E-state index in [1.807, 2.05) is 55.6 Å². The molecule has 1 aromatic carbocycles. The van der Waals surface area contributed by atoms with Crippen molar-refractivity contribution in [1.82, 2.24) is 9.88 Å². The first-order valence-corrected chi connectivity index (χ1v) is 10.00. The quantitative estimate of drug-likeness (QED) is 0.588. The number of hydrogen-bond donors (Lipinski definition) is 1. The summed E-state index contributed by atoms with van der Waals surface area (Å²) >= 11 is 1.46. The smallest absolute Gasteiger partial charge is 0.225 e. The summed E-state index contributed by atoms with van der Waals surface area (Å²) in [6.45, 7) is 4.97. The van der Waals surface area contributed by atoms with Crippen LogP contribution in [0.25, 0.3) is 0 Å². The Labute approximate surface area is 168 Å². The molecule has 2 aromatic heterocycles. The number of amides is 1. The van der Waals surface area contributed by atoms with Crippen LogP contribution in [0, 0.1) is 5.92 Å². The fourth-order valence-corrected chi connectivity index (χ4v) is 3.45. The number of rotatable bonds is 9. The lowest BCUT2D eigenvalue weighted by molar-refractivity contribution is -0.136. The van der Waals surface area contributed by atoms with Crippen molar-refractivity contribution in [3.63, 3.8) is 0 Å². The molecule has 0 saturated carbocycles. The molecule has 7 heteroatoms. The van der Waals surface area contributed by atoms with Gasteiger partial charge in [-0.3, -0.25) is 4.79 Å². The highest BCUT2D eigenvalue weighted by Gasteiger charge is 2.19. The van der Waals surface area contributed by atoms with Gasteiger partial charge in [0.05, 0.1) is 25.1 Å². The second kappa shape index (κ2) is 9.52. The third kappa shape index (κ3) is 5.43. The van der Waals surface area contributed by atoms with Crippen molar-refractivity contribution in [2.75, 3.05) is 0 Å². The Balaban J connectivity index is 1.67. The molecule has 6 nitrogen and oxygen atoms in total. The van der Waals surface area contributed by atoms with Gasteiger partial charge in [-0.1, -0.05) is 26.0 Å². The summed E-state index contributed by atoms with van der Waals surface area (Å²) in [5, 5.41) is 11.7. The van der Waals surface area contributed by atoms with E-state index in [2.05, 4.69) is 4.98 Å². The number of aromatic nitrogens is 1. The van der Waals surface area contributed by atoms with Crippen LogP contribution in [0.3, 0.4) is 0 Å². The predicted octanol–water partition coefficient (Wildman–Crippen LogP) is 3.99. The second-order valence-corrected chi connectivity index (χ2v) is 7.70. The van der Waals surface area contributed by atoms with Crippen molar-refractivity contribution in [3.8, 4) is 5.75 Å². The molecule has 148 valence electrons. The van der Waals surface area contributed by atoms with Gasteiger partial charge in [-0.05, 0) is 29.8 Å². The van der Waals surface area contributed by atoms with Gasteiger partial charge in [0.1, 0.15) is 23.1 Å². The summed E-state index contributed by atoms with van der Waals surface area (Å²) in [5.41, 5.74) is 1.63. The van der Waals surface area contributed by atoms with Crippen LogP contribution < -0.4 is 4.74 Å². The predicted molar refractivity (Wildman–Crippen MR) is 107 cm³/mol. The van der Waals surface area contributed by atoms with Crippen molar-refractivity contribution >= 4 is 17.2 Å². The Morgan fingerprint density at radius 1 is 1.29 bits per heavy atom. The highest BCUT2D eigenvalue weighted by Crippen LogP contribution is 2.20. The normalized spacial score (nSPS) is 11.0. The van der Waals surface area contributed by atoms with Gasteiger partial charge in [0.2, 0.25) is 5.91 Å². The Morgan fingerprint density at radius 2 is 2.14 bits per heavy atom. The molecule has 28 heavy (non-hydrogen) atoms. The van der Waals surface area contributed by atoms with Crippen molar-refractivity contribution in [1.29, 1.82) is 0 Å². The van der Waals surface area contributed by atoms with E-state index in [0.717, 1.165) is 16.3 Å². The van der Waals surface area contributed by atoms with Gasteiger partial charge in [-0.25, -0.2) is 4.98 Å². The molecule has 0 radical (unpaired) electrons. The fraction of sp³-hybridized carbons (Fsp3) is 0.333. The van der Waals surface area contributed by atoms with E-state index in [9.17, 15) is 4.79 Å². The van der Waals surface area contributed by atoms with Gasteiger partial charge in [-0.15, -0.1) is 11.3 Å². The van der Waals surface area contributed by atoms with E-state index in [1.165, 1.54) is 11.3 Å². The maximum atomic E-state index is 12.6. The molecule has 0 aliphatic carbocycles. The van der Waals surface area contributed by atoms with E-state index in [0.29, 0.717) is 31.1 Å². The van der Waals surface area contributed by atoms with Crippen LogP contribution in [0.5, 0.6) is 5.75 Å². The number of thiazole rings is 1. The molecule has 0 unspecified atom stereocenters. The number of nitrogens with zero attached hydrogens (tertiary/aromatic N) is 2. The van der Waals surface area contributed by atoms with Gasteiger partial charge in [0.25, 0.3) is 0 Å². The first kappa shape index (κ1) is 20.1. The summed E-state index contributed by atoms with van der Waals surface area (Å²) in [7, 11) is 0. The second-order valence-electron chi connectivity index (χ2n) is 6.76. The lowest BCUT2D eigenvalue weighted by Gasteiger charge is -2.24. The van der Waals surface area contributed by atoms with Crippen LogP contribution in [-0.2, 0) is 31.1 Å². The van der Waals surface area contributed by atoms with E-state index >= 15 is 0 Å². The summed E-state index contributed by atoms with van der Waals surface area (Å²) in [6.07, 6.45) is 1.61. The number of aliphatic hydroxyl groups excluding tert-OH is 1. The van der Waals surface area contributed by atoms with Crippen LogP contribution in [-0.4, -0.2) is 20.9 Å². The van der Waals surface area contributed by atoms with Gasteiger partial charge in [0.15, 0.2) is 0 Å². The number of ether oxygens (including phenoxy) is 1. The molecule has 0 saturated heterocycles. The highest BCUT2D eigenvalue weighted by atomic mass is 32.1. The Morgan fingerprint density at radius 3 is 2.82 bits per heavy atom. The SMILES string of the molecule is CC(C)C(=O)N(Cc1cccc(OCc2nc(CO)cs2)c1)Cc1ccco1. The molecule has 1 N–H and O–H groups in total. The van der Waals surface area contributed by atoms with E-state index in [4.69, 9.17) is 14.3 Å². The lowest BCUT2D eigenvalue weighted by Crippen LogP contribution is -2.33. The summed E-state index contributed by atoms with van der Waals surface area (Å²) in [6, 6.07) is 11.4. The van der Waals surface area contributed by atoms with Crippen molar-refractivity contribution in [2.45, 2.75) is 40.2 Å². The van der Waals surface area contributed by atoms with E-state index < -0.39 is 0 Å². The standard InChI is InChI=1S/C21H24N2O4S/c1-15(2)21(25)23(11-19-7-4-8-26-19)10-16-5-3-6-18(9-16)27-13-20-22-17(12-24)14-28-20/h3-9,14-15,24H,10-13H2,1-2H3. The molecule has 3 aromatic rings. The van der Waals surface area contributed by atoms with Crippen molar-refractivity contribution < 1.29 is 19.1 Å². The van der Waals surface area contributed by atoms with E-state index in [1.54, 1.807) is 11.2 Å². The molecule has 0 bridgehead atoms. The minimum absolute atomic E-state index is 0.0681. The van der Waals surface area contributed by atoms with Crippen LogP contribution in [0.15, 0.2) is 52.5 Å². The number of benzene rings is 1. The highest BCUT2D eigenvalue weighted by molar-refractivity contribution is 7.09. The average molecular weight is 401 g/mol. The summed E-state index contributed by atoms with van der Waals surface area (Å²) < 4.78 is 11.2. The maximum absolute atomic E-state index is 12.6. The summed E-state index contributed by atoms with van der Waals surface area (Å²) in [5.74, 6) is 1.44. The van der Waals surface area contributed by atoms with Crippen LogP contribution in [0.4, 0.5) is 0 Å². The molecule has 2 heterocycles. The third-order valence-electron chi connectivity index (χ3n) is 4.13. The van der Waals surface area contributed by atoms with Gasteiger partial charge in [-0.2, -0.15) is 0 Å². The number of furan rings is 1. The molecule has 3 rings (SSSR count). The third-order valence-corrected chi connectivity index (χ3v) is 5.00.